The molecule has 2 amide bonds. The number of amides is 2. The number of aryl methyl sites for hydroxylation is 1. The molecule has 0 spiro atoms. The van der Waals surface area contributed by atoms with Crippen molar-refractivity contribution in [1.29, 1.82) is 0 Å². The summed E-state index contributed by atoms with van der Waals surface area (Å²) in [5, 5.41) is 5.77. The summed E-state index contributed by atoms with van der Waals surface area (Å²) in [5.74, 6) is -0.997. The van der Waals surface area contributed by atoms with E-state index in [0.717, 1.165) is 9.87 Å². The zero-order chi connectivity index (χ0) is 25.4. The number of halogens is 1. The predicted octanol–water partition coefficient (Wildman–Crippen LogP) is 3.86. The largest absolute Gasteiger partial charge is 0.383 e. The summed E-state index contributed by atoms with van der Waals surface area (Å²) in [6, 6.07) is 19.0. The van der Waals surface area contributed by atoms with Gasteiger partial charge < -0.3 is 15.4 Å². The number of methoxy groups -OCH3 is 1. The molecule has 10 heteroatoms. The lowest BCUT2D eigenvalue weighted by atomic mass is 10.1. The number of nitrogens with zero attached hydrogens (tertiary/aromatic N) is 1. The second-order valence-electron chi connectivity index (χ2n) is 7.65. The van der Waals surface area contributed by atoms with Gasteiger partial charge in [0.1, 0.15) is 6.54 Å². The molecule has 0 bridgehead atoms. The molecule has 8 nitrogen and oxygen atoms in total. The molecule has 3 aromatic carbocycles. The normalized spacial score (nSPS) is 11.1. The van der Waals surface area contributed by atoms with Crippen molar-refractivity contribution >= 4 is 44.8 Å². The second kappa shape index (κ2) is 11.8. The van der Waals surface area contributed by atoms with Crippen LogP contribution in [-0.2, 0) is 19.6 Å². The standard InChI is InChI=1S/C25H26ClN3O5S/c1-18-6-5-7-20(16-18)29(35(32,33)21-12-10-19(26)11-13-21)17-24(30)28-23-9-4-3-8-22(23)25(31)27-14-15-34-2/h3-13,16H,14-15,17H2,1-2H3,(H,27,31)(H,28,30). The van der Waals surface area contributed by atoms with Crippen LogP contribution in [0.4, 0.5) is 11.4 Å². The van der Waals surface area contributed by atoms with Crippen molar-refractivity contribution < 1.29 is 22.7 Å². The first-order valence-corrected chi connectivity index (χ1v) is 12.5. The highest BCUT2D eigenvalue weighted by Gasteiger charge is 2.28. The van der Waals surface area contributed by atoms with Crippen LogP contribution in [0.15, 0.2) is 77.7 Å². The van der Waals surface area contributed by atoms with Gasteiger partial charge >= 0.3 is 0 Å². The van der Waals surface area contributed by atoms with Gasteiger partial charge in [-0.15, -0.1) is 0 Å². The maximum Gasteiger partial charge on any atom is 0.264 e. The Morgan fingerprint density at radius 3 is 2.40 bits per heavy atom. The first-order chi connectivity index (χ1) is 16.7. The third-order valence-corrected chi connectivity index (χ3v) is 7.06. The van der Waals surface area contributed by atoms with Gasteiger partial charge in [0.05, 0.1) is 28.4 Å². The molecular weight excluding hydrogens is 490 g/mol. The molecule has 0 aliphatic heterocycles. The summed E-state index contributed by atoms with van der Waals surface area (Å²) in [7, 11) is -2.57. The first-order valence-electron chi connectivity index (χ1n) is 10.7. The van der Waals surface area contributed by atoms with E-state index in [1.54, 1.807) is 42.5 Å². The van der Waals surface area contributed by atoms with E-state index in [9.17, 15) is 18.0 Å². The molecule has 3 rings (SSSR count). The van der Waals surface area contributed by atoms with E-state index in [4.69, 9.17) is 16.3 Å². The molecule has 35 heavy (non-hydrogen) atoms. The van der Waals surface area contributed by atoms with Gasteiger partial charge in [-0.1, -0.05) is 35.9 Å². The first kappa shape index (κ1) is 26.2. The number of anilines is 2. The number of sulfonamides is 1. The van der Waals surface area contributed by atoms with Crippen molar-refractivity contribution in [2.45, 2.75) is 11.8 Å². The van der Waals surface area contributed by atoms with Crippen LogP contribution in [0, 0.1) is 6.92 Å². The quantitative estimate of drug-likeness (QED) is 0.399. The van der Waals surface area contributed by atoms with E-state index in [2.05, 4.69) is 10.6 Å². The lowest BCUT2D eigenvalue weighted by molar-refractivity contribution is -0.114. The Labute approximate surface area is 209 Å². The highest BCUT2D eigenvalue weighted by atomic mass is 35.5. The van der Waals surface area contributed by atoms with E-state index in [1.165, 1.54) is 31.4 Å². The molecule has 3 aromatic rings. The van der Waals surface area contributed by atoms with Gasteiger partial charge in [0, 0.05) is 18.7 Å². The number of carbonyl (C=O) groups is 2. The molecule has 2 N–H and O–H groups in total. The Bertz CT molecular complexity index is 1300. The maximum atomic E-state index is 13.5. The molecule has 0 aliphatic carbocycles. The van der Waals surface area contributed by atoms with Gasteiger partial charge in [-0.3, -0.25) is 13.9 Å². The van der Waals surface area contributed by atoms with Crippen molar-refractivity contribution in [3.63, 3.8) is 0 Å². The number of hydrogen-bond donors (Lipinski definition) is 2. The number of para-hydroxylation sites is 1. The summed E-state index contributed by atoms with van der Waals surface area (Å²) in [6.45, 7) is 1.97. The monoisotopic (exact) mass is 515 g/mol. The topological polar surface area (TPSA) is 105 Å². The SMILES string of the molecule is COCCNC(=O)c1ccccc1NC(=O)CN(c1cccc(C)c1)S(=O)(=O)c1ccc(Cl)cc1. The van der Waals surface area contributed by atoms with E-state index in [1.807, 2.05) is 13.0 Å². The zero-order valence-corrected chi connectivity index (χ0v) is 20.9. The summed E-state index contributed by atoms with van der Waals surface area (Å²) < 4.78 is 32.9. The third-order valence-electron chi connectivity index (χ3n) is 5.02. The molecule has 0 aromatic heterocycles. The summed E-state index contributed by atoms with van der Waals surface area (Å²) in [4.78, 5) is 25.6. The Morgan fingerprint density at radius 2 is 1.71 bits per heavy atom. The van der Waals surface area contributed by atoms with Crippen LogP contribution in [0.5, 0.6) is 0 Å². The molecule has 0 fully saturated rings. The van der Waals surface area contributed by atoms with Crippen LogP contribution in [0.3, 0.4) is 0 Å². The fourth-order valence-electron chi connectivity index (χ4n) is 3.30. The minimum absolute atomic E-state index is 0.00544. The molecular formula is C25H26ClN3O5S. The summed E-state index contributed by atoms with van der Waals surface area (Å²) in [5.41, 5.74) is 1.68. The van der Waals surface area contributed by atoms with Crippen LogP contribution in [0.2, 0.25) is 5.02 Å². The lowest BCUT2D eigenvalue weighted by Crippen LogP contribution is -2.38. The van der Waals surface area contributed by atoms with Crippen LogP contribution in [0.1, 0.15) is 15.9 Å². The fourth-order valence-corrected chi connectivity index (χ4v) is 4.84. The van der Waals surface area contributed by atoms with Gasteiger partial charge in [0.2, 0.25) is 5.91 Å². The average Bonchev–Trinajstić information content (AvgIpc) is 2.83. The lowest BCUT2D eigenvalue weighted by Gasteiger charge is -2.24. The summed E-state index contributed by atoms with van der Waals surface area (Å²) in [6.07, 6.45) is 0. The van der Waals surface area contributed by atoms with Gasteiger partial charge in [-0.2, -0.15) is 0 Å². The van der Waals surface area contributed by atoms with E-state index < -0.39 is 22.5 Å². The smallest absolute Gasteiger partial charge is 0.264 e. The molecule has 184 valence electrons. The van der Waals surface area contributed by atoms with E-state index >= 15 is 0 Å². The highest BCUT2D eigenvalue weighted by molar-refractivity contribution is 7.92. The summed E-state index contributed by atoms with van der Waals surface area (Å²) >= 11 is 5.92. The van der Waals surface area contributed by atoms with Gasteiger partial charge in [-0.25, -0.2) is 8.42 Å². The van der Waals surface area contributed by atoms with Crippen molar-refractivity contribution in [1.82, 2.24) is 5.32 Å². The zero-order valence-electron chi connectivity index (χ0n) is 19.3. The average molecular weight is 516 g/mol. The molecule has 0 heterocycles. The number of benzene rings is 3. The van der Waals surface area contributed by atoms with Crippen LogP contribution >= 0.6 is 11.6 Å². The van der Waals surface area contributed by atoms with Crippen LogP contribution < -0.4 is 14.9 Å². The molecule has 0 aliphatic rings. The maximum absolute atomic E-state index is 13.5. The minimum Gasteiger partial charge on any atom is -0.383 e. The Balaban J connectivity index is 1.89. The molecule has 0 saturated carbocycles. The van der Waals surface area contributed by atoms with Crippen molar-refractivity contribution in [3.05, 3.63) is 88.9 Å². The van der Waals surface area contributed by atoms with E-state index in [-0.39, 0.29) is 22.1 Å². The van der Waals surface area contributed by atoms with Crippen LogP contribution in [0.25, 0.3) is 0 Å². The van der Waals surface area contributed by atoms with Crippen LogP contribution in [-0.4, -0.2) is 47.0 Å². The molecule has 0 unspecified atom stereocenters. The third kappa shape index (κ3) is 6.82. The molecule has 0 saturated heterocycles. The molecule has 0 radical (unpaired) electrons. The number of ether oxygens (including phenoxy) is 1. The number of hydrogen-bond acceptors (Lipinski definition) is 5. The van der Waals surface area contributed by atoms with Crippen molar-refractivity contribution in [2.24, 2.45) is 0 Å². The van der Waals surface area contributed by atoms with Crippen molar-refractivity contribution in [3.8, 4) is 0 Å². The number of rotatable bonds is 10. The minimum atomic E-state index is -4.10. The van der Waals surface area contributed by atoms with Crippen molar-refractivity contribution in [2.75, 3.05) is 36.4 Å². The highest BCUT2D eigenvalue weighted by Crippen LogP contribution is 2.26. The van der Waals surface area contributed by atoms with E-state index in [0.29, 0.717) is 23.9 Å². The predicted molar refractivity (Wildman–Crippen MR) is 136 cm³/mol. The number of carbonyl (C=O) groups excluding carboxylic acids is 2. The Kier molecular flexibility index (Phi) is 8.86. The Morgan fingerprint density at radius 1 is 1.00 bits per heavy atom. The second-order valence-corrected chi connectivity index (χ2v) is 9.95. The molecule has 0 atom stereocenters. The number of nitrogens with one attached hydrogen (secondary N) is 2. The fraction of sp³-hybridized carbons (Fsp3) is 0.200. The van der Waals surface area contributed by atoms with Gasteiger partial charge in [0.25, 0.3) is 15.9 Å². The van der Waals surface area contributed by atoms with Gasteiger partial charge in [0.15, 0.2) is 0 Å². The Hall–Kier alpha value is -3.40. The van der Waals surface area contributed by atoms with Gasteiger partial charge in [-0.05, 0) is 61.0 Å².